The summed E-state index contributed by atoms with van der Waals surface area (Å²) < 4.78 is 5.16. The number of rotatable bonds is 6. The third kappa shape index (κ3) is 4.19. The van der Waals surface area contributed by atoms with E-state index in [1.165, 1.54) is 0 Å². The van der Waals surface area contributed by atoms with E-state index >= 15 is 0 Å². The van der Waals surface area contributed by atoms with Crippen molar-refractivity contribution in [2.75, 3.05) is 20.3 Å². The van der Waals surface area contributed by atoms with Gasteiger partial charge in [-0.15, -0.1) is 0 Å². The van der Waals surface area contributed by atoms with Gasteiger partial charge in [0.25, 0.3) is 0 Å². The van der Waals surface area contributed by atoms with Crippen LogP contribution in [0.1, 0.15) is 19.4 Å². The summed E-state index contributed by atoms with van der Waals surface area (Å²) in [6.45, 7) is 6.72. The molecule has 0 fully saturated rings. The van der Waals surface area contributed by atoms with Crippen molar-refractivity contribution >= 4 is 11.6 Å². The van der Waals surface area contributed by atoms with E-state index in [0.717, 1.165) is 18.7 Å². The second-order valence-corrected chi connectivity index (χ2v) is 4.56. The highest BCUT2D eigenvalue weighted by atomic mass is 35.5. The highest BCUT2D eigenvalue weighted by Crippen LogP contribution is 2.24. The van der Waals surface area contributed by atoms with E-state index in [1.54, 1.807) is 19.2 Å². The molecule has 0 saturated carbocycles. The molecule has 1 aromatic rings. The Labute approximate surface area is 108 Å². The van der Waals surface area contributed by atoms with Crippen LogP contribution in [0.15, 0.2) is 18.2 Å². The number of phenols is 1. The quantitative estimate of drug-likeness (QED) is 0.851. The first-order valence-electron chi connectivity index (χ1n) is 5.78. The molecule has 1 atom stereocenters. The number of hydrogen-bond acceptors (Lipinski definition) is 3. The number of likely N-dealkylation sites (N-methyl/N-ethyl adjacent to an activating group) is 1. The molecule has 0 spiro atoms. The highest BCUT2D eigenvalue weighted by Gasteiger charge is 2.12. The summed E-state index contributed by atoms with van der Waals surface area (Å²) in [4.78, 5) is 2.30. The van der Waals surface area contributed by atoms with E-state index in [2.05, 4.69) is 18.7 Å². The molecule has 0 radical (unpaired) electrons. The summed E-state index contributed by atoms with van der Waals surface area (Å²) in [5, 5.41) is 9.76. The van der Waals surface area contributed by atoms with Crippen LogP contribution in [0.5, 0.6) is 5.75 Å². The Hall–Kier alpha value is -0.770. The topological polar surface area (TPSA) is 32.7 Å². The molecule has 0 bridgehead atoms. The van der Waals surface area contributed by atoms with Crippen LogP contribution >= 0.6 is 11.6 Å². The van der Waals surface area contributed by atoms with E-state index in [-0.39, 0.29) is 5.75 Å². The fraction of sp³-hybridized carbons (Fsp3) is 0.538. The molecule has 0 saturated heterocycles. The fourth-order valence-electron chi connectivity index (χ4n) is 1.81. The number of halogens is 1. The molecule has 0 amide bonds. The van der Waals surface area contributed by atoms with Crippen LogP contribution in [0.2, 0.25) is 5.02 Å². The molecule has 1 unspecified atom stereocenters. The molecule has 1 N–H and O–H groups in total. The van der Waals surface area contributed by atoms with Gasteiger partial charge in [0, 0.05) is 19.7 Å². The molecule has 96 valence electrons. The SMILES string of the molecule is CCN(Cc1ccc(O)c(Cl)c1)C(C)COC. The molecule has 0 heterocycles. The summed E-state index contributed by atoms with van der Waals surface area (Å²) in [5.74, 6) is 0.128. The largest absolute Gasteiger partial charge is 0.506 e. The van der Waals surface area contributed by atoms with Crippen LogP contribution in [-0.4, -0.2) is 36.3 Å². The Morgan fingerprint density at radius 1 is 1.47 bits per heavy atom. The summed E-state index contributed by atoms with van der Waals surface area (Å²) in [7, 11) is 1.71. The number of hydrogen-bond donors (Lipinski definition) is 1. The van der Waals surface area contributed by atoms with E-state index in [1.807, 2.05) is 6.07 Å². The first kappa shape index (κ1) is 14.3. The Kier molecular flexibility index (Phi) is 5.75. The molecule has 3 nitrogen and oxygen atoms in total. The lowest BCUT2D eigenvalue weighted by Crippen LogP contribution is -2.35. The van der Waals surface area contributed by atoms with Crippen molar-refractivity contribution in [2.45, 2.75) is 26.4 Å². The van der Waals surface area contributed by atoms with Crippen molar-refractivity contribution in [3.8, 4) is 5.75 Å². The molecule has 4 heteroatoms. The van der Waals surface area contributed by atoms with E-state index in [0.29, 0.717) is 17.7 Å². The van der Waals surface area contributed by atoms with Gasteiger partial charge in [0.1, 0.15) is 5.75 Å². The van der Waals surface area contributed by atoms with Crippen molar-refractivity contribution in [1.82, 2.24) is 4.90 Å². The number of aromatic hydroxyl groups is 1. The number of benzene rings is 1. The van der Waals surface area contributed by atoms with Gasteiger partial charge in [0.2, 0.25) is 0 Å². The molecule has 1 rings (SSSR count). The minimum atomic E-state index is 0.128. The van der Waals surface area contributed by atoms with Crippen molar-refractivity contribution < 1.29 is 9.84 Å². The fourth-order valence-corrected chi connectivity index (χ4v) is 2.01. The maximum Gasteiger partial charge on any atom is 0.134 e. The first-order valence-corrected chi connectivity index (χ1v) is 6.16. The lowest BCUT2D eigenvalue weighted by Gasteiger charge is -2.27. The predicted molar refractivity (Wildman–Crippen MR) is 70.5 cm³/mol. The average Bonchev–Trinajstić information content (AvgIpc) is 2.30. The summed E-state index contributed by atoms with van der Waals surface area (Å²) >= 11 is 5.89. The standard InChI is InChI=1S/C13H20ClNO2/c1-4-15(10(2)9-17-3)8-11-5-6-13(16)12(14)7-11/h5-7,10,16H,4,8-9H2,1-3H3. The van der Waals surface area contributed by atoms with Crippen molar-refractivity contribution in [3.63, 3.8) is 0 Å². The maximum absolute atomic E-state index is 9.36. The van der Waals surface area contributed by atoms with Gasteiger partial charge in [-0.3, -0.25) is 4.90 Å². The lowest BCUT2D eigenvalue weighted by atomic mass is 10.1. The van der Waals surface area contributed by atoms with Crippen molar-refractivity contribution in [3.05, 3.63) is 28.8 Å². The van der Waals surface area contributed by atoms with Gasteiger partial charge in [0.05, 0.1) is 11.6 Å². The lowest BCUT2D eigenvalue weighted by molar-refractivity contribution is 0.0982. The second kappa shape index (κ2) is 6.84. The van der Waals surface area contributed by atoms with Gasteiger partial charge in [-0.05, 0) is 31.2 Å². The number of ether oxygens (including phenoxy) is 1. The highest BCUT2D eigenvalue weighted by molar-refractivity contribution is 6.32. The minimum Gasteiger partial charge on any atom is -0.506 e. The molecule has 1 aromatic carbocycles. The maximum atomic E-state index is 9.36. The van der Waals surface area contributed by atoms with Gasteiger partial charge in [-0.2, -0.15) is 0 Å². The molecular formula is C13H20ClNO2. The minimum absolute atomic E-state index is 0.128. The van der Waals surface area contributed by atoms with E-state index in [9.17, 15) is 5.11 Å². The number of methoxy groups -OCH3 is 1. The van der Waals surface area contributed by atoms with Gasteiger partial charge in [-0.1, -0.05) is 24.6 Å². The Morgan fingerprint density at radius 2 is 2.18 bits per heavy atom. The molecule has 0 aliphatic rings. The van der Waals surface area contributed by atoms with Crippen LogP contribution < -0.4 is 0 Å². The van der Waals surface area contributed by atoms with Gasteiger partial charge >= 0.3 is 0 Å². The average molecular weight is 258 g/mol. The number of phenolic OH excluding ortho intramolecular Hbond substituents is 1. The van der Waals surface area contributed by atoms with Gasteiger partial charge < -0.3 is 9.84 Å². The molecule has 0 aliphatic carbocycles. The Balaban J connectivity index is 2.70. The van der Waals surface area contributed by atoms with Crippen LogP contribution in [0, 0.1) is 0 Å². The van der Waals surface area contributed by atoms with E-state index < -0.39 is 0 Å². The van der Waals surface area contributed by atoms with Crippen LogP contribution in [0.4, 0.5) is 0 Å². The summed E-state index contributed by atoms with van der Waals surface area (Å²) in [6.07, 6.45) is 0. The first-order chi connectivity index (χ1) is 8.08. The number of nitrogens with zero attached hydrogens (tertiary/aromatic N) is 1. The Morgan fingerprint density at radius 3 is 2.71 bits per heavy atom. The third-order valence-corrected chi connectivity index (χ3v) is 3.14. The summed E-state index contributed by atoms with van der Waals surface area (Å²) in [5.41, 5.74) is 1.10. The monoisotopic (exact) mass is 257 g/mol. The van der Waals surface area contributed by atoms with Crippen LogP contribution in [-0.2, 0) is 11.3 Å². The normalized spacial score (nSPS) is 13.0. The smallest absolute Gasteiger partial charge is 0.134 e. The van der Waals surface area contributed by atoms with Gasteiger partial charge in [-0.25, -0.2) is 0 Å². The van der Waals surface area contributed by atoms with Crippen molar-refractivity contribution in [2.24, 2.45) is 0 Å². The van der Waals surface area contributed by atoms with Crippen molar-refractivity contribution in [1.29, 1.82) is 0 Å². The molecule has 0 aliphatic heterocycles. The van der Waals surface area contributed by atoms with Crippen LogP contribution in [0.3, 0.4) is 0 Å². The summed E-state index contributed by atoms with van der Waals surface area (Å²) in [6, 6.07) is 5.69. The van der Waals surface area contributed by atoms with Crippen LogP contribution in [0.25, 0.3) is 0 Å². The van der Waals surface area contributed by atoms with E-state index in [4.69, 9.17) is 16.3 Å². The molecule has 0 aromatic heterocycles. The molecule has 17 heavy (non-hydrogen) atoms. The third-order valence-electron chi connectivity index (χ3n) is 2.84. The zero-order valence-electron chi connectivity index (χ0n) is 10.6. The Bertz CT molecular complexity index is 357. The molecular weight excluding hydrogens is 238 g/mol. The zero-order chi connectivity index (χ0) is 12.8. The zero-order valence-corrected chi connectivity index (χ0v) is 11.4. The second-order valence-electron chi connectivity index (χ2n) is 4.15. The predicted octanol–water partition coefficient (Wildman–Crippen LogP) is 2.90. The van der Waals surface area contributed by atoms with Gasteiger partial charge in [0.15, 0.2) is 0 Å².